The molecule has 0 spiro atoms. The van der Waals surface area contributed by atoms with Gasteiger partial charge in [0.05, 0.1) is 4.21 Å². The number of carbonyl (C=O) groups is 1. The number of thioether (sulfide) groups is 1. The maximum absolute atomic E-state index is 11.3. The van der Waals surface area contributed by atoms with E-state index in [1.54, 1.807) is 30.0 Å². The molecule has 0 aromatic carbocycles. The molecule has 0 unspecified atom stereocenters. The summed E-state index contributed by atoms with van der Waals surface area (Å²) >= 11 is 3.25. The normalized spacial score (nSPS) is 10.5. The molecule has 1 aromatic rings. The summed E-state index contributed by atoms with van der Waals surface area (Å²) in [6.07, 6.45) is 1.98. The molecule has 0 bridgehead atoms. The van der Waals surface area contributed by atoms with Crippen LogP contribution in [0.25, 0.3) is 0 Å². The molecule has 2 nitrogen and oxygen atoms in total. The van der Waals surface area contributed by atoms with Crippen molar-refractivity contribution in [2.75, 3.05) is 6.26 Å². The van der Waals surface area contributed by atoms with Crippen LogP contribution in [0.5, 0.6) is 0 Å². The van der Waals surface area contributed by atoms with E-state index in [2.05, 4.69) is 0 Å². The lowest BCUT2D eigenvalue weighted by molar-refractivity contribution is 0.101. The fourth-order valence-electron chi connectivity index (χ4n) is 1.28. The first-order valence-corrected chi connectivity index (χ1v) is 6.03. The molecule has 1 aromatic heterocycles. The molecule has 0 amide bonds. The summed E-state index contributed by atoms with van der Waals surface area (Å²) in [7, 11) is 0. The predicted molar refractivity (Wildman–Crippen MR) is 58.7 cm³/mol. The average molecular weight is 215 g/mol. The highest BCUT2D eigenvalue weighted by Gasteiger charge is 2.16. The standard InChI is InChI=1S/C9H13NOS2/c1-5-7(4-10)13-9(12-3)8(5)6(2)11/h4,10H2,1-3H3. The molecule has 0 aliphatic rings. The fraction of sp³-hybridized carbons (Fsp3) is 0.444. The summed E-state index contributed by atoms with van der Waals surface area (Å²) in [5, 5.41) is 0. The smallest absolute Gasteiger partial charge is 0.162 e. The number of hydrogen-bond acceptors (Lipinski definition) is 4. The van der Waals surface area contributed by atoms with Crippen molar-refractivity contribution in [2.45, 2.75) is 24.6 Å². The molecular weight excluding hydrogens is 202 g/mol. The van der Waals surface area contributed by atoms with Crippen LogP contribution in [-0.2, 0) is 6.54 Å². The second kappa shape index (κ2) is 4.26. The largest absolute Gasteiger partial charge is 0.326 e. The van der Waals surface area contributed by atoms with Gasteiger partial charge in [-0.3, -0.25) is 4.79 Å². The number of thiophene rings is 1. The van der Waals surface area contributed by atoms with E-state index in [9.17, 15) is 4.79 Å². The van der Waals surface area contributed by atoms with Crippen molar-refractivity contribution in [2.24, 2.45) is 5.73 Å². The Morgan fingerprint density at radius 1 is 1.62 bits per heavy atom. The Bertz CT molecular complexity index is 331. The molecule has 0 aliphatic heterocycles. The van der Waals surface area contributed by atoms with Gasteiger partial charge in [0.25, 0.3) is 0 Å². The van der Waals surface area contributed by atoms with Gasteiger partial charge >= 0.3 is 0 Å². The van der Waals surface area contributed by atoms with Crippen molar-refractivity contribution >= 4 is 28.9 Å². The Hall–Kier alpha value is -0.320. The third-order valence-electron chi connectivity index (χ3n) is 1.94. The first kappa shape index (κ1) is 10.8. The number of rotatable bonds is 3. The topological polar surface area (TPSA) is 43.1 Å². The van der Waals surface area contributed by atoms with Gasteiger partial charge in [-0.25, -0.2) is 0 Å². The quantitative estimate of drug-likeness (QED) is 0.622. The monoisotopic (exact) mass is 215 g/mol. The molecule has 72 valence electrons. The molecule has 0 saturated heterocycles. The Balaban J connectivity index is 3.28. The van der Waals surface area contributed by atoms with Gasteiger partial charge in [0.2, 0.25) is 0 Å². The van der Waals surface area contributed by atoms with Crippen molar-refractivity contribution in [1.82, 2.24) is 0 Å². The molecule has 0 radical (unpaired) electrons. The van der Waals surface area contributed by atoms with Crippen LogP contribution in [0.15, 0.2) is 4.21 Å². The van der Waals surface area contributed by atoms with E-state index in [1.165, 1.54) is 0 Å². The van der Waals surface area contributed by atoms with E-state index < -0.39 is 0 Å². The Morgan fingerprint density at radius 2 is 2.23 bits per heavy atom. The number of Topliss-reactive ketones (excluding diaryl/α,β-unsaturated/α-hetero) is 1. The minimum Gasteiger partial charge on any atom is -0.326 e. The SMILES string of the molecule is CSc1sc(CN)c(C)c1C(C)=O. The van der Waals surface area contributed by atoms with Gasteiger partial charge in [0.1, 0.15) is 0 Å². The van der Waals surface area contributed by atoms with Crippen LogP contribution in [0.1, 0.15) is 27.7 Å². The second-order valence-electron chi connectivity index (χ2n) is 2.78. The molecule has 0 atom stereocenters. The van der Waals surface area contributed by atoms with E-state index in [1.807, 2.05) is 13.2 Å². The summed E-state index contributed by atoms with van der Waals surface area (Å²) in [5.41, 5.74) is 7.50. The Kier molecular flexibility index (Phi) is 3.53. The van der Waals surface area contributed by atoms with Gasteiger partial charge in [0.15, 0.2) is 5.78 Å². The maximum Gasteiger partial charge on any atom is 0.162 e. The highest BCUT2D eigenvalue weighted by atomic mass is 32.2. The summed E-state index contributed by atoms with van der Waals surface area (Å²) in [4.78, 5) is 12.4. The first-order chi connectivity index (χ1) is 6.11. The van der Waals surface area contributed by atoms with Crippen LogP contribution >= 0.6 is 23.1 Å². The molecule has 0 aliphatic carbocycles. The van der Waals surface area contributed by atoms with Gasteiger partial charge in [-0.2, -0.15) is 0 Å². The van der Waals surface area contributed by atoms with Crippen molar-refractivity contribution in [1.29, 1.82) is 0 Å². The van der Waals surface area contributed by atoms with E-state index >= 15 is 0 Å². The van der Waals surface area contributed by atoms with Crippen LogP contribution in [0.4, 0.5) is 0 Å². The van der Waals surface area contributed by atoms with Gasteiger partial charge in [0, 0.05) is 17.0 Å². The van der Waals surface area contributed by atoms with E-state index in [0.29, 0.717) is 6.54 Å². The van der Waals surface area contributed by atoms with Crippen molar-refractivity contribution in [3.63, 3.8) is 0 Å². The fourth-order valence-corrected chi connectivity index (χ4v) is 3.38. The van der Waals surface area contributed by atoms with Crippen LogP contribution in [0, 0.1) is 6.92 Å². The van der Waals surface area contributed by atoms with Gasteiger partial charge in [-0.05, 0) is 25.7 Å². The molecule has 0 saturated carbocycles. The van der Waals surface area contributed by atoms with Crippen LogP contribution < -0.4 is 5.73 Å². The first-order valence-electron chi connectivity index (χ1n) is 3.99. The van der Waals surface area contributed by atoms with Crippen LogP contribution in [0.3, 0.4) is 0 Å². The van der Waals surface area contributed by atoms with Gasteiger partial charge < -0.3 is 5.73 Å². The lowest BCUT2D eigenvalue weighted by atomic mass is 10.1. The Labute approximate surface area is 86.5 Å². The third-order valence-corrected chi connectivity index (χ3v) is 4.37. The highest BCUT2D eigenvalue weighted by Crippen LogP contribution is 2.34. The molecule has 4 heteroatoms. The van der Waals surface area contributed by atoms with Crippen LogP contribution in [0.2, 0.25) is 0 Å². The predicted octanol–water partition coefficient (Wildman–Crippen LogP) is 2.44. The molecular formula is C9H13NOS2. The van der Waals surface area contributed by atoms with Gasteiger partial charge in [-0.1, -0.05) is 0 Å². The minimum atomic E-state index is 0.137. The number of carbonyl (C=O) groups excluding carboxylic acids is 1. The molecule has 13 heavy (non-hydrogen) atoms. The van der Waals surface area contributed by atoms with Crippen molar-refractivity contribution in [3.05, 3.63) is 16.0 Å². The van der Waals surface area contributed by atoms with Crippen molar-refractivity contribution < 1.29 is 4.79 Å². The third kappa shape index (κ3) is 1.95. The van der Waals surface area contributed by atoms with E-state index in [0.717, 1.165) is 20.2 Å². The second-order valence-corrected chi connectivity index (χ2v) is 4.96. The summed E-state index contributed by atoms with van der Waals surface area (Å²) in [5.74, 6) is 0.137. The highest BCUT2D eigenvalue weighted by molar-refractivity contribution is 8.00. The average Bonchev–Trinajstić information content (AvgIpc) is 2.41. The number of hydrogen-bond donors (Lipinski definition) is 1. The van der Waals surface area contributed by atoms with Crippen molar-refractivity contribution in [3.8, 4) is 0 Å². The Morgan fingerprint density at radius 3 is 2.54 bits per heavy atom. The lowest BCUT2D eigenvalue weighted by Gasteiger charge is -1.97. The minimum absolute atomic E-state index is 0.137. The molecule has 1 rings (SSSR count). The number of nitrogens with two attached hydrogens (primary N) is 1. The summed E-state index contributed by atoms with van der Waals surface area (Å²) in [6, 6.07) is 0. The van der Waals surface area contributed by atoms with Crippen LogP contribution in [-0.4, -0.2) is 12.0 Å². The zero-order chi connectivity index (χ0) is 10.0. The zero-order valence-electron chi connectivity index (χ0n) is 8.01. The molecule has 0 fully saturated rings. The van der Waals surface area contributed by atoms with E-state index in [4.69, 9.17) is 5.73 Å². The summed E-state index contributed by atoms with van der Waals surface area (Å²) in [6.45, 7) is 4.10. The van der Waals surface area contributed by atoms with Gasteiger partial charge in [-0.15, -0.1) is 23.1 Å². The lowest BCUT2D eigenvalue weighted by Crippen LogP contribution is -1.98. The zero-order valence-corrected chi connectivity index (χ0v) is 9.64. The molecule has 2 N–H and O–H groups in total. The molecule has 1 heterocycles. The maximum atomic E-state index is 11.3. The number of ketones is 1. The summed E-state index contributed by atoms with van der Waals surface area (Å²) < 4.78 is 1.09. The van der Waals surface area contributed by atoms with E-state index in [-0.39, 0.29) is 5.78 Å².